The van der Waals surface area contributed by atoms with E-state index in [1.165, 1.54) is 6.07 Å². The van der Waals surface area contributed by atoms with E-state index < -0.39 is 0 Å². The number of pyridine rings is 1. The van der Waals surface area contributed by atoms with Crippen LogP contribution in [0.15, 0.2) is 48.9 Å². The summed E-state index contributed by atoms with van der Waals surface area (Å²) in [5.41, 5.74) is 3.55. The van der Waals surface area contributed by atoms with Crippen molar-refractivity contribution in [1.29, 1.82) is 5.26 Å². The van der Waals surface area contributed by atoms with Gasteiger partial charge in [0, 0.05) is 18.1 Å². The van der Waals surface area contributed by atoms with E-state index >= 15 is 0 Å². The largest absolute Gasteiger partial charge is 0.322 e. The lowest BCUT2D eigenvalue weighted by atomic mass is 10.1. The molecule has 0 saturated heterocycles. The number of carbonyl (C=O) groups is 1. The first kappa shape index (κ1) is 16.5. The van der Waals surface area contributed by atoms with Crippen LogP contribution in [-0.2, 0) is 7.05 Å². The Kier molecular flexibility index (Phi) is 3.90. The molecule has 0 radical (unpaired) electrons. The summed E-state index contributed by atoms with van der Waals surface area (Å²) in [6, 6.07) is 10.7. The first-order valence-electron chi connectivity index (χ1n) is 8.21. The van der Waals surface area contributed by atoms with Crippen LogP contribution in [0.5, 0.6) is 0 Å². The molecular formula is C19H15N7O. The van der Waals surface area contributed by atoms with E-state index in [9.17, 15) is 4.79 Å². The van der Waals surface area contributed by atoms with Crippen molar-refractivity contribution >= 4 is 22.5 Å². The number of nitrogens with one attached hydrogen (secondary N) is 1. The molecule has 1 amide bonds. The molecule has 0 aliphatic carbocycles. The fraction of sp³-hybridized carbons (Fsp3) is 0.105. The fourth-order valence-electron chi connectivity index (χ4n) is 2.88. The van der Waals surface area contributed by atoms with Crippen LogP contribution in [0.25, 0.3) is 16.6 Å². The minimum absolute atomic E-state index is 0.281. The van der Waals surface area contributed by atoms with Gasteiger partial charge >= 0.3 is 0 Å². The van der Waals surface area contributed by atoms with Crippen molar-refractivity contribution in [3.05, 3.63) is 65.9 Å². The highest BCUT2D eigenvalue weighted by molar-refractivity contribution is 6.05. The summed E-state index contributed by atoms with van der Waals surface area (Å²) in [6.07, 6.45) is 5.36. The highest BCUT2D eigenvalue weighted by atomic mass is 16.1. The average molecular weight is 357 g/mol. The number of nitrogens with zero attached hydrogens (tertiary/aromatic N) is 6. The van der Waals surface area contributed by atoms with Crippen molar-refractivity contribution in [3.8, 4) is 11.8 Å². The van der Waals surface area contributed by atoms with E-state index in [-0.39, 0.29) is 11.6 Å². The van der Waals surface area contributed by atoms with Gasteiger partial charge in [-0.2, -0.15) is 15.5 Å². The van der Waals surface area contributed by atoms with Crippen molar-refractivity contribution in [2.75, 3.05) is 5.32 Å². The Morgan fingerprint density at radius 2 is 2.04 bits per heavy atom. The normalized spacial score (nSPS) is 10.7. The Morgan fingerprint density at radius 3 is 2.74 bits per heavy atom. The van der Waals surface area contributed by atoms with E-state index in [1.807, 2.05) is 37.5 Å². The number of aryl methyl sites for hydroxylation is 2. The zero-order chi connectivity index (χ0) is 19.0. The van der Waals surface area contributed by atoms with Crippen LogP contribution >= 0.6 is 0 Å². The Bertz CT molecular complexity index is 1210. The molecule has 8 heteroatoms. The van der Waals surface area contributed by atoms with Gasteiger partial charge in [0.2, 0.25) is 0 Å². The molecular weight excluding hydrogens is 342 g/mol. The minimum Gasteiger partial charge on any atom is -0.322 e. The molecule has 0 aliphatic heterocycles. The average Bonchev–Trinajstić information content (AvgIpc) is 3.27. The molecule has 132 valence electrons. The second kappa shape index (κ2) is 6.38. The van der Waals surface area contributed by atoms with Crippen LogP contribution in [0.4, 0.5) is 5.69 Å². The number of hydrogen-bond acceptors (Lipinski definition) is 5. The fourth-order valence-corrected chi connectivity index (χ4v) is 2.88. The predicted molar refractivity (Wildman–Crippen MR) is 99.5 cm³/mol. The van der Waals surface area contributed by atoms with Crippen LogP contribution in [-0.4, -0.2) is 30.5 Å². The van der Waals surface area contributed by atoms with Crippen LogP contribution in [0.1, 0.15) is 21.7 Å². The van der Waals surface area contributed by atoms with Crippen LogP contribution in [0.2, 0.25) is 0 Å². The Labute approximate surface area is 154 Å². The third-order valence-corrected chi connectivity index (χ3v) is 4.21. The van der Waals surface area contributed by atoms with Gasteiger partial charge in [0.15, 0.2) is 0 Å². The van der Waals surface area contributed by atoms with Crippen molar-refractivity contribution in [2.24, 2.45) is 7.05 Å². The molecule has 3 heterocycles. The van der Waals surface area contributed by atoms with E-state index in [0.29, 0.717) is 16.9 Å². The lowest BCUT2D eigenvalue weighted by molar-refractivity contribution is 0.102. The lowest BCUT2D eigenvalue weighted by Crippen LogP contribution is -2.14. The van der Waals surface area contributed by atoms with Crippen LogP contribution in [0.3, 0.4) is 0 Å². The molecule has 8 nitrogen and oxygen atoms in total. The van der Waals surface area contributed by atoms with Gasteiger partial charge in [-0.25, -0.2) is 9.67 Å². The highest BCUT2D eigenvalue weighted by Crippen LogP contribution is 2.22. The van der Waals surface area contributed by atoms with E-state index in [0.717, 1.165) is 16.6 Å². The van der Waals surface area contributed by atoms with E-state index in [1.54, 1.807) is 34.7 Å². The topological polar surface area (TPSA) is 101 Å². The molecule has 3 aromatic heterocycles. The third-order valence-electron chi connectivity index (χ3n) is 4.21. The van der Waals surface area contributed by atoms with Gasteiger partial charge in [-0.3, -0.25) is 9.48 Å². The van der Waals surface area contributed by atoms with Crippen LogP contribution in [0, 0.1) is 18.3 Å². The smallest absolute Gasteiger partial charge is 0.257 e. The van der Waals surface area contributed by atoms with E-state index in [4.69, 9.17) is 5.26 Å². The van der Waals surface area contributed by atoms with Gasteiger partial charge in [-0.1, -0.05) is 0 Å². The predicted octanol–water partition coefficient (Wildman–Crippen LogP) is 2.59. The van der Waals surface area contributed by atoms with Gasteiger partial charge in [-0.05, 0) is 37.3 Å². The van der Waals surface area contributed by atoms with Gasteiger partial charge in [0.1, 0.15) is 17.5 Å². The molecule has 0 spiro atoms. The quantitative estimate of drug-likeness (QED) is 0.607. The molecule has 0 unspecified atom stereocenters. The third kappa shape index (κ3) is 3.02. The minimum atomic E-state index is -0.281. The van der Waals surface area contributed by atoms with Gasteiger partial charge in [0.05, 0.1) is 35.4 Å². The van der Waals surface area contributed by atoms with Crippen molar-refractivity contribution in [2.45, 2.75) is 6.92 Å². The molecule has 0 saturated carbocycles. The number of rotatable bonds is 3. The molecule has 0 atom stereocenters. The summed E-state index contributed by atoms with van der Waals surface area (Å²) in [5.74, 6) is -0.281. The Balaban J connectivity index is 1.66. The lowest BCUT2D eigenvalue weighted by Gasteiger charge is -2.08. The SMILES string of the molecule is Cc1nc(C#N)ccc1C(=O)Nc1ccc2cnn(-c3cnn(C)c3)c2c1. The Morgan fingerprint density at radius 1 is 1.19 bits per heavy atom. The maximum atomic E-state index is 12.6. The summed E-state index contributed by atoms with van der Waals surface area (Å²) in [6.45, 7) is 1.70. The van der Waals surface area contributed by atoms with E-state index in [2.05, 4.69) is 20.5 Å². The summed E-state index contributed by atoms with van der Waals surface area (Å²) >= 11 is 0. The molecule has 0 aliphatic rings. The van der Waals surface area contributed by atoms with Gasteiger partial charge in [-0.15, -0.1) is 0 Å². The molecule has 1 aromatic carbocycles. The standard InChI is InChI=1S/C19H15N7O/c1-12-17(6-5-15(8-20)23-12)19(27)24-14-4-3-13-9-22-26(18(13)7-14)16-10-21-25(2)11-16/h3-7,9-11H,1-2H3,(H,24,27). The summed E-state index contributed by atoms with van der Waals surface area (Å²) in [5, 5.41) is 21.3. The molecule has 4 rings (SSSR count). The number of amides is 1. The van der Waals surface area contributed by atoms with Crippen LogP contribution < -0.4 is 5.32 Å². The number of aromatic nitrogens is 5. The second-order valence-electron chi connectivity index (χ2n) is 6.10. The van der Waals surface area contributed by atoms with Crippen molar-refractivity contribution < 1.29 is 4.79 Å². The molecule has 0 bridgehead atoms. The molecule has 0 fully saturated rings. The highest BCUT2D eigenvalue weighted by Gasteiger charge is 2.13. The number of hydrogen-bond donors (Lipinski definition) is 1. The molecule has 27 heavy (non-hydrogen) atoms. The maximum Gasteiger partial charge on any atom is 0.257 e. The first-order chi connectivity index (χ1) is 13.0. The molecule has 4 aromatic rings. The first-order valence-corrected chi connectivity index (χ1v) is 8.21. The number of fused-ring (bicyclic) bond motifs is 1. The monoisotopic (exact) mass is 357 g/mol. The number of carbonyl (C=O) groups excluding carboxylic acids is 1. The zero-order valence-corrected chi connectivity index (χ0v) is 14.7. The Hall–Kier alpha value is -3.99. The second-order valence-corrected chi connectivity index (χ2v) is 6.10. The number of nitriles is 1. The van der Waals surface area contributed by atoms with Gasteiger partial charge in [0.25, 0.3) is 5.91 Å². The maximum absolute atomic E-state index is 12.6. The number of benzene rings is 1. The van der Waals surface area contributed by atoms with Crippen molar-refractivity contribution in [3.63, 3.8) is 0 Å². The van der Waals surface area contributed by atoms with Gasteiger partial charge < -0.3 is 5.32 Å². The van der Waals surface area contributed by atoms with Crippen molar-refractivity contribution in [1.82, 2.24) is 24.5 Å². The summed E-state index contributed by atoms with van der Waals surface area (Å²) < 4.78 is 3.47. The summed E-state index contributed by atoms with van der Waals surface area (Å²) in [4.78, 5) is 16.7. The zero-order valence-electron chi connectivity index (χ0n) is 14.7. The molecule has 1 N–H and O–H groups in total. The summed E-state index contributed by atoms with van der Waals surface area (Å²) in [7, 11) is 1.84. The number of anilines is 1.